The van der Waals surface area contributed by atoms with Crippen LogP contribution in [0.5, 0.6) is 11.5 Å². The molecule has 162 valence electrons. The van der Waals surface area contributed by atoms with Gasteiger partial charge in [0.15, 0.2) is 0 Å². The van der Waals surface area contributed by atoms with E-state index < -0.39 is 0 Å². The Bertz CT molecular complexity index is 1150. The lowest BCUT2D eigenvalue weighted by Crippen LogP contribution is -2.28. The molecule has 0 aliphatic heterocycles. The minimum atomic E-state index is -0.355. The molecule has 0 atom stereocenters. The van der Waals surface area contributed by atoms with Crippen LogP contribution >= 0.6 is 0 Å². The van der Waals surface area contributed by atoms with Gasteiger partial charge in [-0.05, 0) is 53.6 Å². The van der Waals surface area contributed by atoms with Gasteiger partial charge in [-0.1, -0.05) is 24.3 Å². The van der Waals surface area contributed by atoms with Crippen molar-refractivity contribution in [3.05, 3.63) is 101 Å². The Labute approximate surface area is 186 Å². The van der Waals surface area contributed by atoms with E-state index in [0.717, 1.165) is 11.1 Å². The van der Waals surface area contributed by atoms with Gasteiger partial charge in [0.05, 0.1) is 25.9 Å². The summed E-state index contributed by atoms with van der Waals surface area (Å²) in [6.07, 6.45) is 3.14. The first-order valence-corrected chi connectivity index (χ1v) is 9.95. The number of ether oxygens (including phenoxy) is 2. The molecule has 3 rings (SSSR count). The molecule has 3 aromatic carbocycles. The van der Waals surface area contributed by atoms with Crippen molar-refractivity contribution in [3.8, 4) is 17.6 Å². The molecule has 0 aromatic heterocycles. The van der Waals surface area contributed by atoms with Crippen LogP contribution in [0.3, 0.4) is 0 Å². The lowest BCUT2D eigenvalue weighted by atomic mass is 10.1. The number of carbonyl (C=O) groups is 1. The SMILES string of the molecule is COc1ccc(/C=C/C(=O)N(Cc2ccc(C#N)cc2)Cc2cccc(F)c2)c(OC)c1. The Morgan fingerprint density at radius 1 is 1.00 bits per heavy atom. The van der Waals surface area contributed by atoms with Gasteiger partial charge in [-0.25, -0.2) is 4.39 Å². The Hall–Kier alpha value is -4.11. The average molecular weight is 430 g/mol. The fraction of sp³-hybridized carbons (Fsp3) is 0.154. The minimum absolute atomic E-state index is 0.237. The highest BCUT2D eigenvalue weighted by atomic mass is 19.1. The third-order valence-corrected chi connectivity index (χ3v) is 4.88. The minimum Gasteiger partial charge on any atom is -0.497 e. The van der Waals surface area contributed by atoms with E-state index in [4.69, 9.17) is 14.7 Å². The number of nitrogens with zero attached hydrogens (tertiary/aromatic N) is 2. The molecule has 5 nitrogen and oxygen atoms in total. The number of halogens is 1. The van der Waals surface area contributed by atoms with Crippen molar-refractivity contribution in [1.82, 2.24) is 4.90 Å². The van der Waals surface area contributed by atoms with Gasteiger partial charge in [0, 0.05) is 30.8 Å². The van der Waals surface area contributed by atoms with Gasteiger partial charge in [0.1, 0.15) is 17.3 Å². The highest BCUT2D eigenvalue weighted by Gasteiger charge is 2.14. The number of hydrogen-bond donors (Lipinski definition) is 0. The topological polar surface area (TPSA) is 62.6 Å². The van der Waals surface area contributed by atoms with Crippen molar-refractivity contribution in [3.63, 3.8) is 0 Å². The third-order valence-electron chi connectivity index (χ3n) is 4.88. The summed E-state index contributed by atoms with van der Waals surface area (Å²) >= 11 is 0. The maximum absolute atomic E-state index is 13.7. The first-order chi connectivity index (χ1) is 15.5. The van der Waals surface area contributed by atoms with Crippen LogP contribution in [0.25, 0.3) is 6.08 Å². The average Bonchev–Trinajstić information content (AvgIpc) is 2.82. The van der Waals surface area contributed by atoms with E-state index in [0.29, 0.717) is 29.2 Å². The van der Waals surface area contributed by atoms with Gasteiger partial charge in [-0.3, -0.25) is 4.79 Å². The van der Waals surface area contributed by atoms with Crippen molar-refractivity contribution in [2.45, 2.75) is 13.1 Å². The van der Waals surface area contributed by atoms with E-state index in [1.54, 1.807) is 79.8 Å². The maximum Gasteiger partial charge on any atom is 0.247 e. The summed E-state index contributed by atoms with van der Waals surface area (Å²) in [5.74, 6) is 0.638. The van der Waals surface area contributed by atoms with Gasteiger partial charge in [0.25, 0.3) is 0 Å². The largest absolute Gasteiger partial charge is 0.497 e. The number of hydrogen-bond acceptors (Lipinski definition) is 4. The zero-order valence-corrected chi connectivity index (χ0v) is 17.9. The molecule has 0 saturated carbocycles. The molecular formula is C26H23FN2O3. The molecule has 0 bridgehead atoms. The second-order valence-corrected chi connectivity index (χ2v) is 7.07. The lowest BCUT2D eigenvalue weighted by molar-refractivity contribution is -0.127. The first-order valence-electron chi connectivity index (χ1n) is 9.95. The molecule has 0 saturated heterocycles. The van der Waals surface area contributed by atoms with Gasteiger partial charge < -0.3 is 14.4 Å². The number of nitriles is 1. The van der Waals surface area contributed by atoms with Gasteiger partial charge in [-0.2, -0.15) is 5.26 Å². The van der Waals surface area contributed by atoms with E-state index in [-0.39, 0.29) is 18.3 Å². The fourth-order valence-electron chi connectivity index (χ4n) is 3.20. The molecule has 0 N–H and O–H groups in total. The number of carbonyl (C=O) groups excluding carboxylic acids is 1. The highest BCUT2D eigenvalue weighted by Crippen LogP contribution is 2.25. The Morgan fingerprint density at radius 2 is 1.75 bits per heavy atom. The molecule has 0 fully saturated rings. The van der Waals surface area contributed by atoms with Crippen LogP contribution in [0.4, 0.5) is 4.39 Å². The van der Waals surface area contributed by atoms with Crippen LogP contribution in [-0.2, 0) is 17.9 Å². The van der Waals surface area contributed by atoms with Crippen molar-refractivity contribution >= 4 is 12.0 Å². The Morgan fingerprint density at radius 3 is 2.41 bits per heavy atom. The van der Waals surface area contributed by atoms with Gasteiger partial charge in [0.2, 0.25) is 5.91 Å². The van der Waals surface area contributed by atoms with E-state index in [2.05, 4.69) is 6.07 Å². The van der Waals surface area contributed by atoms with E-state index in [1.807, 2.05) is 0 Å². The van der Waals surface area contributed by atoms with Crippen LogP contribution < -0.4 is 9.47 Å². The highest BCUT2D eigenvalue weighted by molar-refractivity contribution is 5.92. The predicted molar refractivity (Wildman–Crippen MR) is 120 cm³/mol. The van der Waals surface area contributed by atoms with E-state index >= 15 is 0 Å². The van der Waals surface area contributed by atoms with E-state index in [9.17, 15) is 9.18 Å². The van der Waals surface area contributed by atoms with Crippen LogP contribution in [0.15, 0.2) is 72.8 Å². The zero-order chi connectivity index (χ0) is 22.9. The molecule has 1 amide bonds. The summed E-state index contributed by atoms with van der Waals surface area (Å²) in [4.78, 5) is 14.7. The smallest absolute Gasteiger partial charge is 0.247 e. The molecule has 0 unspecified atom stereocenters. The summed E-state index contributed by atoms with van der Waals surface area (Å²) in [6, 6.07) is 20.6. The van der Waals surface area contributed by atoms with Crippen molar-refractivity contribution in [1.29, 1.82) is 5.26 Å². The standard InChI is InChI=1S/C26H23FN2O3/c1-31-24-12-10-22(25(15-24)32-2)11-13-26(30)29(18-21-4-3-5-23(27)14-21)17-20-8-6-19(16-28)7-9-20/h3-15H,17-18H2,1-2H3/b13-11+. The summed E-state index contributed by atoms with van der Waals surface area (Å²) in [5, 5.41) is 9.00. The molecule has 6 heteroatoms. The van der Waals surface area contributed by atoms with Crippen LogP contribution in [0.1, 0.15) is 22.3 Å². The summed E-state index contributed by atoms with van der Waals surface area (Å²) in [5.41, 5.74) is 2.82. The fourth-order valence-corrected chi connectivity index (χ4v) is 3.20. The Kier molecular flexibility index (Phi) is 7.60. The molecule has 0 radical (unpaired) electrons. The molecule has 0 aliphatic rings. The molecule has 0 heterocycles. The van der Waals surface area contributed by atoms with Crippen molar-refractivity contribution < 1.29 is 18.7 Å². The normalized spacial score (nSPS) is 10.6. The monoisotopic (exact) mass is 430 g/mol. The summed E-state index contributed by atoms with van der Waals surface area (Å²) in [7, 11) is 3.12. The lowest BCUT2D eigenvalue weighted by Gasteiger charge is -2.22. The third kappa shape index (κ3) is 5.96. The van der Waals surface area contributed by atoms with E-state index in [1.165, 1.54) is 18.2 Å². The quantitative estimate of drug-likeness (QED) is 0.474. The zero-order valence-electron chi connectivity index (χ0n) is 17.9. The Balaban J connectivity index is 1.85. The van der Waals surface area contributed by atoms with Crippen LogP contribution in [-0.4, -0.2) is 25.0 Å². The number of methoxy groups -OCH3 is 2. The molecule has 0 aliphatic carbocycles. The molecule has 3 aromatic rings. The predicted octanol–water partition coefficient (Wildman–Crippen LogP) is 4.96. The summed E-state index contributed by atoms with van der Waals surface area (Å²) < 4.78 is 24.3. The second kappa shape index (κ2) is 10.8. The molecule has 0 spiro atoms. The first kappa shape index (κ1) is 22.6. The summed E-state index contributed by atoms with van der Waals surface area (Å²) in [6.45, 7) is 0.547. The van der Waals surface area contributed by atoms with Gasteiger partial charge >= 0.3 is 0 Å². The number of benzene rings is 3. The van der Waals surface area contributed by atoms with Crippen molar-refractivity contribution in [2.24, 2.45) is 0 Å². The van der Waals surface area contributed by atoms with Crippen LogP contribution in [0, 0.1) is 17.1 Å². The molecular weight excluding hydrogens is 407 g/mol. The van der Waals surface area contributed by atoms with Crippen LogP contribution in [0.2, 0.25) is 0 Å². The van der Waals surface area contributed by atoms with Crippen molar-refractivity contribution in [2.75, 3.05) is 14.2 Å². The second-order valence-electron chi connectivity index (χ2n) is 7.07. The maximum atomic E-state index is 13.7. The number of amides is 1. The number of rotatable bonds is 8. The van der Waals surface area contributed by atoms with Gasteiger partial charge in [-0.15, -0.1) is 0 Å². The molecule has 32 heavy (non-hydrogen) atoms.